The molecular weight excluding hydrogens is 562 g/mol. The predicted molar refractivity (Wildman–Crippen MR) is 186 cm³/mol. The molecule has 2 aromatic heterocycles. The predicted octanol–water partition coefficient (Wildman–Crippen LogP) is 9.82. The summed E-state index contributed by atoms with van der Waals surface area (Å²) in [5.41, 5.74) is 8.34. The van der Waals surface area contributed by atoms with Crippen molar-refractivity contribution in [1.82, 2.24) is 24.9 Å². The van der Waals surface area contributed by atoms with Crippen molar-refractivity contribution in [3.05, 3.63) is 164 Å². The first-order valence-corrected chi connectivity index (χ1v) is 15.2. The molecule has 0 saturated heterocycles. The molecule has 5 nitrogen and oxygen atoms in total. The van der Waals surface area contributed by atoms with Crippen molar-refractivity contribution in [2.24, 2.45) is 0 Å². The summed E-state index contributed by atoms with van der Waals surface area (Å²) in [6.45, 7) is 0. The van der Waals surface area contributed by atoms with Gasteiger partial charge in [-0.15, -0.1) is 0 Å². The molecule has 0 aliphatic carbocycles. The van der Waals surface area contributed by atoms with Gasteiger partial charge in [0.1, 0.15) is 0 Å². The highest BCUT2D eigenvalue weighted by atomic mass is 15.0. The van der Waals surface area contributed by atoms with Gasteiger partial charge in [-0.25, -0.2) is 24.9 Å². The summed E-state index contributed by atoms with van der Waals surface area (Å²) in [4.78, 5) is 23.8. The monoisotopic (exact) mass is 589 g/mol. The van der Waals surface area contributed by atoms with Crippen LogP contribution in [-0.2, 0) is 0 Å². The lowest BCUT2D eigenvalue weighted by Crippen LogP contribution is -2.00. The van der Waals surface area contributed by atoms with Crippen LogP contribution in [-0.4, -0.2) is 24.9 Å². The molecule has 0 saturated carbocycles. The number of hydrogen-bond donors (Lipinski definition) is 0. The van der Waals surface area contributed by atoms with Crippen LogP contribution in [0.3, 0.4) is 0 Å². The third-order valence-corrected chi connectivity index (χ3v) is 8.10. The number of rotatable bonds is 6. The maximum absolute atomic E-state index is 5.03. The summed E-state index contributed by atoms with van der Waals surface area (Å²) in [7, 11) is 0. The first kappa shape index (κ1) is 27.2. The van der Waals surface area contributed by atoms with E-state index in [1.54, 1.807) is 12.4 Å². The van der Waals surface area contributed by atoms with Crippen molar-refractivity contribution in [1.29, 1.82) is 0 Å². The molecule has 0 radical (unpaired) electrons. The molecule has 0 atom stereocenters. The van der Waals surface area contributed by atoms with Crippen LogP contribution in [0.1, 0.15) is 0 Å². The van der Waals surface area contributed by atoms with Gasteiger partial charge in [0.05, 0.1) is 0 Å². The minimum Gasteiger partial charge on any atom is -0.237 e. The number of nitrogens with zero attached hydrogens (tertiary/aromatic N) is 5. The Morgan fingerprint density at radius 2 is 0.717 bits per heavy atom. The number of aromatic nitrogens is 5. The topological polar surface area (TPSA) is 64.5 Å². The molecule has 0 N–H and O–H groups in total. The molecule has 0 unspecified atom stereocenters. The fraction of sp³-hybridized carbons (Fsp3) is 0. The average Bonchev–Trinajstić information content (AvgIpc) is 3.15. The molecule has 46 heavy (non-hydrogen) atoms. The molecule has 6 aromatic carbocycles. The van der Waals surface area contributed by atoms with E-state index >= 15 is 0 Å². The fourth-order valence-electron chi connectivity index (χ4n) is 5.69. The van der Waals surface area contributed by atoms with Crippen molar-refractivity contribution < 1.29 is 0 Å². The molecule has 0 spiro atoms. The van der Waals surface area contributed by atoms with E-state index in [4.69, 9.17) is 15.0 Å². The SMILES string of the molecule is c1ccc(-c2ccc(-c3nc(-c4ccc(-c5ccc(-c6ncccn6)cc5)cc4)nc(-c4cccc5ccccc45)n3)cc2)cc1. The van der Waals surface area contributed by atoms with Gasteiger partial charge < -0.3 is 0 Å². The third-order valence-electron chi connectivity index (χ3n) is 8.10. The summed E-state index contributed by atoms with van der Waals surface area (Å²) in [5, 5.41) is 2.25. The normalized spacial score (nSPS) is 11.0. The lowest BCUT2D eigenvalue weighted by molar-refractivity contribution is 1.08. The van der Waals surface area contributed by atoms with Gasteiger partial charge in [-0.1, -0.05) is 146 Å². The van der Waals surface area contributed by atoms with E-state index in [1.807, 2.05) is 12.1 Å². The molecule has 5 heteroatoms. The number of benzene rings is 6. The maximum atomic E-state index is 5.03. The Labute approximate surface area is 267 Å². The van der Waals surface area contributed by atoms with Crippen LogP contribution in [0.25, 0.3) is 78.6 Å². The number of fused-ring (bicyclic) bond motifs is 1. The average molecular weight is 590 g/mol. The Morgan fingerprint density at radius 1 is 0.283 bits per heavy atom. The van der Waals surface area contributed by atoms with Crippen LogP contribution in [0.15, 0.2) is 164 Å². The smallest absolute Gasteiger partial charge is 0.164 e. The fourth-order valence-corrected chi connectivity index (χ4v) is 5.69. The van der Waals surface area contributed by atoms with E-state index in [-0.39, 0.29) is 0 Å². The van der Waals surface area contributed by atoms with E-state index in [0.29, 0.717) is 23.3 Å². The Bertz CT molecular complexity index is 2260. The summed E-state index contributed by atoms with van der Waals surface area (Å²) in [6.07, 6.45) is 3.51. The zero-order valence-corrected chi connectivity index (χ0v) is 24.8. The van der Waals surface area contributed by atoms with Gasteiger partial charge in [-0.05, 0) is 39.1 Å². The Kier molecular flexibility index (Phi) is 7.09. The van der Waals surface area contributed by atoms with E-state index in [2.05, 4.69) is 149 Å². The minimum atomic E-state index is 0.628. The number of hydrogen-bond acceptors (Lipinski definition) is 5. The van der Waals surface area contributed by atoms with Crippen LogP contribution in [0.5, 0.6) is 0 Å². The van der Waals surface area contributed by atoms with Crippen LogP contribution >= 0.6 is 0 Å². The second-order valence-electron chi connectivity index (χ2n) is 11.0. The van der Waals surface area contributed by atoms with Crippen LogP contribution in [0.4, 0.5) is 0 Å². The molecule has 0 aliphatic rings. The van der Waals surface area contributed by atoms with Crippen molar-refractivity contribution in [3.8, 4) is 67.8 Å². The van der Waals surface area contributed by atoms with Crippen LogP contribution in [0, 0.1) is 0 Å². The van der Waals surface area contributed by atoms with Gasteiger partial charge in [0.25, 0.3) is 0 Å². The van der Waals surface area contributed by atoms with Crippen molar-refractivity contribution in [3.63, 3.8) is 0 Å². The molecule has 2 heterocycles. The zero-order valence-electron chi connectivity index (χ0n) is 24.8. The molecule has 0 fully saturated rings. The minimum absolute atomic E-state index is 0.628. The van der Waals surface area contributed by atoms with Crippen LogP contribution in [0.2, 0.25) is 0 Å². The highest BCUT2D eigenvalue weighted by molar-refractivity contribution is 5.95. The molecule has 8 aromatic rings. The summed E-state index contributed by atoms with van der Waals surface area (Å²) >= 11 is 0. The molecule has 216 valence electrons. The molecule has 8 rings (SSSR count). The second kappa shape index (κ2) is 12.0. The third kappa shape index (κ3) is 5.42. The van der Waals surface area contributed by atoms with Crippen molar-refractivity contribution in [2.75, 3.05) is 0 Å². The van der Waals surface area contributed by atoms with Gasteiger partial charge >= 0.3 is 0 Å². The van der Waals surface area contributed by atoms with Gasteiger partial charge in [0.15, 0.2) is 23.3 Å². The Morgan fingerprint density at radius 3 is 1.30 bits per heavy atom. The van der Waals surface area contributed by atoms with Gasteiger partial charge in [0, 0.05) is 34.6 Å². The largest absolute Gasteiger partial charge is 0.237 e. The van der Waals surface area contributed by atoms with E-state index in [0.717, 1.165) is 49.7 Å². The molecule has 0 bridgehead atoms. The van der Waals surface area contributed by atoms with Gasteiger partial charge in [0.2, 0.25) is 0 Å². The Balaban J connectivity index is 1.18. The maximum Gasteiger partial charge on any atom is 0.164 e. The van der Waals surface area contributed by atoms with Gasteiger partial charge in [-0.2, -0.15) is 0 Å². The zero-order chi connectivity index (χ0) is 30.7. The lowest BCUT2D eigenvalue weighted by atomic mass is 10.0. The first-order chi connectivity index (χ1) is 22.8. The molecule has 0 aliphatic heterocycles. The second-order valence-corrected chi connectivity index (χ2v) is 11.0. The van der Waals surface area contributed by atoms with Crippen molar-refractivity contribution in [2.45, 2.75) is 0 Å². The lowest BCUT2D eigenvalue weighted by Gasteiger charge is -2.11. The van der Waals surface area contributed by atoms with Gasteiger partial charge in [-0.3, -0.25) is 0 Å². The summed E-state index contributed by atoms with van der Waals surface area (Å²) in [5.74, 6) is 2.62. The quantitative estimate of drug-likeness (QED) is 0.193. The molecule has 0 amide bonds. The van der Waals surface area contributed by atoms with E-state index in [9.17, 15) is 0 Å². The first-order valence-electron chi connectivity index (χ1n) is 15.2. The van der Waals surface area contributed by atoms with Crippen molar-refractivity contribution >= 4 is 10.8 Å². The highest BCUT2D eigenvalue weighted by Gasteiger charge is 2.15. The van der Waals surface area contributed by atoms with Crippen LogP contribution < -0.4 is 0 Å². The Hall–Kier alpha value is -6.33. The van der Waals surface area contributed by atoms with E-state index in [1.165, 1.54) is 5.56 Å². The summed E-state index contributed by atoms with van der Waals surface area (Å²) in [6, 6.07) is 51.9. The highest BCUT2D eigenvalue weighted by Crippen LogP contribution is 2.31. The standard InChI is InChI=1S/C41H27N5/c1-2-8-28(9-3-1)29-16-22-34(23-17-29)39-44-40(46-41(45-39)37-13-6-11-32-10-4-5-12-36(32)37)35-24-18-31(19-25-35)30-14-20-33(21-15-30)38-42-26-7-27-43-38/h1-27H. The summed E-state index contributed by atoms with van der Waals surface area (Å²) < 4.78 is 0. The molecular formula is C41H27N5. The van der Waals surface area contributed by atoms with E-state index < -0.39 is 0 Å².